The number of rotatable bonds is 5. The average molecular weight is 292 g/mol. The molecule has 3 nitrogen and oxygen atoms in total. The molecule has 1 saturated carbocycles. The number of amides is 1. The van der Waals surface area contributed by atoms with E-state index in [0.717, 1.165) is 25.9 Å². The molecule has 1 atom stereocenters. The van der Waals surface area contributed by atoms with Gasteiger partial charge in [0.15, 0.2) is 0 Å². The number of hydrogen-bond acceptors (Lipinski definition) is 3. The van der Waals surface area contributed by atoms with Crippen LogP contribution in [0.4, 0.5) is 0 Å². The van der Waals surface area contributed by atoms with Gasteiger partial charge < -0.3 is 4.90 Å². The average Bonchev–Trinajstić information content (AvgIpc) is 3.20. The van der Waals surface area contributed by atoms with E-state index >= 15 is 0 Å². The molecule has 4 heteroatoms. The number of carbonyl (C=O) groups excluding carboxylic acids is 1. The Morgan fingerprint density at radius 1 is 1.45 bits per heavy atom. The van der Waals surface area contributed by atoms with Crippen molar-refractivity contribution in [1.29, 1.82) is 0 Å². The van der Waals surface area contributed by atoms with Gasteiger partial charge in [-0.15, -0.1) is 11.3 Å². The van der Waals surface area contributed by atoms with Crippen LogP contribution in [0.3, 0.4) is 0 Å². The molecule has 110 valence electrons. The molecule has 0 N–H and O–H groups in total. The van der Waals surface area contributed by atoms with Crippen molar-refractivity contribution in [3.8, 4) is 0 Å². The number of nitrogens with zero attached hydrogens (tertiary/aromatic N) is 2. The van der Waals surface area contributed by atoms with Crippen molar-refractivity contribution >= 4 is 17.2 Å². The molecule has 2 heterocycles. The molecule has 0 aromatic carbocycles. The second kappa shape index (κ2) is 5.86. The molecule has 0 radical (unpaired) electrons. The van der Waals surface area contributed by atoms with E-state index < -0.39 is 0 Å². The summed E-state index contributed by atoms with van der Waals surface area (Å²) in [6, 6.07) is 3.19. The van der Waals surface area contributed by atoms with Crippen molar-refractivity contribution < 1.29 is 4.79 Å². The first-order valence-corrected chi connectivity index (χ1v) is 8.72. The third kappa shape index (κ3) is 2.63. The first-order valence-electron chi connectivity index (χ1n) is 7.84. The summed E-state index contributed by atoms with van der Waals surface area (Å²) in [5, 5.41) is 2.17. The van der Waals surface area contributed by atoms with Gasteiger partial charge in [-0.3, -0.25) is 9.69 Å². The molecule has 3 rings (SSSR count). The van der Waals surface area contributed by atoms with Crippen molar-refractivity contribution in [2.45, 2.75) is 51.6 Å². The van der Waals surface area contributed by atoms with Crippen molar-refractivity contribution in [3.63, 3.8) is 0 Å². The fourth-order valence-corrected chi connectivity index (χ4v) is 4.27. The highest BCUT2D eigenvalue weighted by atomic mass is 32.1. The van der Waals surface area contributed by atoms with Crippen LogP contribution < -0.4 is 0 Å². The molecule has 1 aromatic heterocycles. The molecular weight excluding hydrogens is 268 g/mol. The molecule has 2 aliphatic rings. The summed E-state index contributed by atoms with van der Waals surface area (Å²) in [5.41, 5.74) is 1.39. The lowest BCUT2D eigenvalue weighted by molar-refractivity contribution is -0.135. The largest absolute Gasteiger partial charge is 0.334 e. The predicted molar refractivity (Wildman–Crippen MR) is 83.0 cm³/mol. The lowest BCUT2D eigenvalue weighted by atomic mass is 9.97. The van der Waals surface area contributed by atoms with Gasteiger partial charge in [0.25, 0.3) is 0 Å². The van der Waals surface area contributed by atoms with Gasteiger partial charge in [0.1, 0.15) is 0 Å². The number of fused-ring (bicyclic) bond motifs is 1. The number of hydrogen-bond donors (Lipinski definition) is 0. The van der Waals surface area contributed by atoms with Crippen LogP contribution in [0.5, 0.6) is 0 Å². The maximum absolute atomic E-state index is 12.7. The smallest absolute Gasteiger partial charge is 0.237 e. The summed E-state index contributed by atoms with van der Waals surface area (Å²) in [4.78, 5) is 18.6. The predicted octanol–water partition coefficient (Wildman–Crippen LogP) is 3.07. The Labute approximate surface area is 125 Å². The Hall–Kier alpha value is -0.870. The van der Waals surface area contributed by atoms with Crippen LogP contribution >= 0.6 is 11.3 Å². The molecule has 0 saturated heterocycles. The minimum atomic E-state index is 0.301. The lowest BCUT2D eigenvalue weighted by Crippen LogP contribution is -2.45. The van der Waals surface area contributed by atoms with Gasteiger partial charge in [0.2, 0.25) is 5.91 Å². The number of carbonyl (C=O) groups is 1. The molecule has 1 aliphatic heterocycles. The second-order valence-corrected chi connectivity index (χ2v) is 6.86. The monoisotopic (exact) mass is 292 g/mol. The van der Waals surface area contributed by atoms with Crippen LogP contribution in [0, 0.1) is 0 Å². The van der Waals surface area contributed by atoms with Crippen LogP contribution in [0.25, 0.3) is 0 Å². The first-order chi connectivity index (χ1) is 9.74. The van der Waals surface area contributed by atoms with Gasteiger partial charge in [-0.2, -0.15) is 0 Å². The van der Waals surface area contributed by atoms with E-state index in [1.165, 1.54) is 23.3 Å². The fraction of sp³-hybridized carbons (Fsp3) is 0.688. The Kier molecular flexibility index (Phi) is 4.13. The Morgan fingerprint density at radius 3 is 2.90 bits per heavy atom. The molecule has 1 unspecified atom stereocenters. The van der Waals surface area contributed by atoms with Crippen LogP contribution in [0.15, 0.2) is 11.4 Å². The maximum atomic E-state index is 12.7. The van der Waals surface area contributed by atoms with E-state index in [9.17, 15) is 4.79 Å². The zero-order valence-electron chi connectivity index (χ0n) is 12.5. The van der Waals surface area contributed by atoms with E-state index in [-0.39, 0.29) is 0 Å². The molecule has 1 amide bonds. The Bertz CT molecular complexity index is 481. The molecule has 0 spiro atoms. The van der Waals surface area contributed by atoms with Gasteiger partial charge in [-0.05, 0) is 49.2 Å². The van der Waals surface area contributed by atoms with Crippen molar-refractivity contribution in [2.75, 3.05) is 19.6 Å². The molecule has 1 aliphatic carbocycles. The van der Waals surface area contributed by atoms with E-state index in [0.29, 0.717) is 24.5 Å². The number of likely N-dealkylation sites (N-methyl/N-ethyl adjacent to an activating group) is 1. The summed E-state index contributed by atoms with van der Waals surface area (Å²) < 4.78 is 0. The molecule has 1 aromatic rings. The molecular formula is C16H24N2OS. The van der Waals surface area contributed by atoms with Crippen molar-refractivity contribution in [2.24, 2.45) is 0 Å². The quantitative estimate of drug-likeness (QED) is 0.832. The maximum Gasteiger partial charge on any atom is 0.237 e. The van der Waals surface area contributed by atoms with E-state index in [1.54, 1.807) is 0 Å². The highest BCUT2D eigenvalue weighted by Crippen LogP contribution is 2.35. The summed E-state index contributed by atoms with van der Waals surface area (Å²) >= 11 is 1.84. The summed E-state index contributed by atoms with van der Waals surface area (Å²) in [6.45, 7) is 6.85. The van der Waals surface area contributed by atoms with Gasteiger partial charge >= 0.3 is 0 Å². The summed E-state index contributed by atoms with van der Waals surface area (Å²) in [5.74, 6) is 0.322. The zero-order valence-corrected chi connectivity index (χ0v) is 13.3. The highest BCUT2D eigenvalue weighted by Gasteiger charge is 2.34. The minimum absolute atomic E-state index is 0.301. The van der Waals surface area contributed by atoms with Crippen molar-refractivity contribution in [1.82, 2.24) is 9.80 Å². The van der Waals surface area contributed by atoms with Gasteiger partial charge in [0, 0.05) is 17.5 Å². The summed E-state index contributed by atoms with van der Waals surface area (Å²) in [7, 11) is 0. The van der Waals surface area contributed by atoms with Crippen molar-refractivity contribution in [3.05, 3.63) is 21.9 Å². The fourth-order valence-electron chi connectivity index (χ4n) is 3.34. The van der Waals surface area contributed by atoms with Crippen LogP contribution in [0.1, 0.15) is 49.6 Å². The lowest BCUT2D eigenvalue weighted by Gasteiger charge is -2.36. The van der Waals surface area contributed by atoms with Crippen LogP contribution in [0.2, 0.25) is 0 Å². The topological polar surface area (TPSA) is 23.6 Å². The van der Waals surface area contributed by atoms with E-state index in [2.05, 4.69) is 35.1 Å². The standard InChI is InChI=1S/C16H24N2OS/c1-3-14-13-8-10-20-15(13)7-9-18(14)16(19)11-17(4-2)12-5-6-12/h8,10,12,14H,3-7,9,11H2,1-2H3. The molecule has 0 bridgehead atoms. The minimum Gasteiger partial charge on any atom is -0.334 e. The SMILES string of the molecule is CCC1c2ccsc2CCN1C(=O)CN(CC)C1CC1. The Balaban J connectivity index is 1.71. The summed E-state index contributed by atoms with van der Waals surface area (Å²) in [6.07, 6.45) is 4.59. The van der Waals surface area contributed by atoms with Gasteiger partial charge in [-0.25, -0.2) is 0 Å². The van der Waals surface area contributed by atoms with E-state index in [1.807, 2.05) is 11.3 Å². The van der Waals surface area contributed by atoms with E-state index in [4.69, 9.17) is 0 Å². The third-order valence-corrected chi connectivity index (χ3v) is 5.61. The molecule has 1 fully saturated rings. The van der Waals surface area contributed by atoms with Crippen LogP contribution in [-0.2, 0) is 11.2 Å². The highest BCUT2D eigenvalue weighted by molar-refractivity contribution is 7.10. The first kappa shape index (κ1) is 14.1. The van der Waals surface area contributed by atoms with Gasteiger partial charge in [0.05, 0.1) is 12.6 Å². The molecule has 20 heavy (non-hydrogen) atoms. The van der Waals surface area contributed by atoms with Crippen LogP contribution in [-0.4, -0.2) is 41.4 Å². The normalized spacial score (nSPS) is 22.1. The second-order valence-electron chi connectivity index (χ2n) is 5.85. The zero-order chi connectivity index (χ0) is 14.1. The third-order valence-electron chi connectivity index (χ3n) is 4.61. The number of thiophene rings is 1. The Morgan fingerprint density at radius 2 is 2.25 bits per heavy atom. The van der Waals surface area contributed by atoms with Gasteiger partial charge in [-0.1, -0.05) is 13.8 Å².